The van der Waals surface area contributed by atoms with Crippen LogP contribution >= 0.6 is 0 Å². The van der Waals surface area contributed by atoms with Gasteiger partial charge in [-0.1, -0.05) is 13.8 Å². The molecule has 1 heterocycles. The molecular formula is C12H25NO. The quantitative estimate of drug-likeness (QED) is 0.751. The third kappa shape index (κ3) is 4.43. The molecule has 0 amide bonds. The Hall–Kier alpha value is -0.0800. The molecule has 1 aliphatic rings. The van der Waals surface area contributed by atoms with Crippen LogP contribution in [0.4, 0.5) is 0 Å². The average Bonchev–Trinajstić information content (AvgIpc) is 2.01. The fourth-order valence-corrected chi connectivity index (χ4v) is 2.11. The molecule has 2 nitrogen and oxygen atoms in total. The first-order valence-electron chi connectivity index (χ1n) is 5.84. The van der Waals surface area contributed by atoms with E-state index in [4.69, 9.17) is 4.74 Å². The summed E-state index contributed by atoms with van der Waals surface area (Å²) in [5, 5.41) is 3.54. The third-order valence-corrected chi connectivity index (χ3v) is 2.78. The zero-order valence-electron chi connectivity index (χ0n) is 10.1. The first-order chi connectivity index (χ1) is 6.49. The second-order valence-electron chi connectivity index (χ2n) is 5.52. The Kier molecular flexibility index (Phi) is 4.39. The van der Waals surface area contributed by atoms with E-state index in [2.05, 4.69) is 33.0 Å². The maximum Gasteiger partial charge on any atom is 0.0629 e. The standard InChI is InChI=1S/C12H25NO/c1-10(2)8-13-9-11-5-6-14-12(3,4)7-11/h10-11,13H,5-9H2,1-4H3/t11-/m1/s1. The van der Waals surface area contributed by atoms with Gasteiger partial charge in [-0.2, -0.15) is 0 Å². The van der Waals surface area contributed by atoms with Gasteiger partial charge in [0.05, 0.1) is 5.60 Å². The molecule has 1 rings (SSSR count). The number of ether oxygens (including phenoxy) is 1. The molecule has 0 aliphatic carbocycles. The molecule has 14 heavy (non-hydrogen) atoms. The van der Waals surface area contributed by atoms with Crippen LogP contribution < -0.4 is 5.32 Å². The SMILES string of the molecule is CC(C)CNC[C@@H]1CCOC(C)(C)C1. The number of hydrogen-bond donors (Lipinski definition) is 1. The van der Waals surface area contributed by atoms with Crippen molar-refractivity contribution < 1.29 is 4.74 Å². The van der Waals surface area contributed by atoms with Crippen molar-refractivity contribution in [2.24, 2.45) is 11.8 Å². The van der Waals surface area contributed by atoms with Crippen LogP contribution in [0.25, 0.3) is 0 Å². The van der Waals surface area contributed by atoms with Gasteiger partial charge in [0.2, 0.25) is 0 Å². The van der Waals surface area contributed by atoms with E-state index >= 15 is 0 Å². The molecule has 0 aromatic carbocycles. The predicted octanol–water partition coefficient (Wildman–Crippen LogP) is 2.44. The van der Waals surface area contributed by atoms with Gasteiger partial charge >= 0.3 is 0 Å². The molecule has 0 aromatic heterocycles. The zero-order valence-corrected chi connectivity index (χ0v) is 10.1. The van der Waals surface area contributed by atoms with E-state index in [9.17, 15) is 0 Å². The Morgan fingerprint density at radius 2 is 2.14 bits per heavy atom. The largest absolute Gasteiger partial charge is 0.376 e. The van der Waals surface area contributed by atoms with Gasteiger partial charge < -0.3 is 10.1 Å². The van der Waals surface area contributed by atoms with Gasteiger partial charge in [0.1, 0.15) is 0 Å². The Labute approximate surface area is 88.4 Å². The smallest absolute Gasteiger partial charge is 0.0629 e. The Bertz CT molecular complexity index is 166. The van der Waals surface area contributed by atoms with Gasteiger partial charge in [0, 0.05) is 6.61 Å². The maximum atomic E-state index is 5.70. The molecule has 0 aromatic rings. The van der Waals surface area contributed by atoms with Crippen LogP contribution in [0.5, 0.6) is 0 Å². The van der Waals surface area contributed by atoms with Crippen LogP contribution in [0.3, 0.4) is 0 Å². The summed E-state index contributed by atoms with van der Waals surface area (Å²) >= 11 is 0. The van der Waals surface area contributed by atoms with E-state index < -0.39 is 0 Å². The van der Waals surface area contributed by atoms with Crippen molar-refractivity contribution in [3.05, 3.63) is 0 Å². The van der Waals surface area contributed by atoms with Crippen molar-refractivity contribution >= 4 is 0 Å². The highest BCUT2D eigenvalue weighted by molar-refractivity contribution is 4.79. The van der Waals surface area contributed by atoms with Crippen LogP contribution in [0.15, 0.2) is 0 Å². The van der Waals surface area contributed by atoms with Crippen molar-refractivity contribution in [3.8, 4) is 0 Å². The summed E-state index contributed by atoms with van der Waals surface area (Å²) in [6, 6.07) is 0. The number of nitrogens with one attached hydrogen (secondary N) is 1. The highest BCUT2D eigenvalue weighted by atomic mass is 16.5. The van der Waals surface area contributed by atoms with Gasteiger partial charge in [0.15, 0.2) is 0 Å². The molecule has 84 valence electrons. The summed E-state index contributed by atoms with van der Waals surface area (Å²) in [4.78, 5) is 0. The molecule has 0 radical (unpaired) electrons. The molecule has 0 spiro atoms. The molecule has 1 fully saturated rings. The van der Waals surface area contributed by atoms with E-state index in [-0.39, 0.29) is 5.60 Å². The summed E-state index contributed by atoms with van der Waals surface area (Å²) in [7, 11) is 0. The second-order valence-corrected chi connectivity index (χ2v) is 5.52. The lowest BCUT2D eigenvalue weighted by Gasteiger charge is -2.35. The van der Waals surface area contributed by atoms with Crippen molar-refractivity contribution in [3.63, 3.8) is 0 Å². The van der Waals surface area contributed by atoms with Crippen LogP contribution in [0.1, 0.15) is 40.5 Å². The fraction of sp³-hybridized carbons (Fsp3) is 1.00. The van der Waals surface area contributed by atoms with Gasteiger partial charge in [-0.05, 0) is 51.6 Å². The minimum atomic E-state index is 0.0996. The lowest BCUT2D eigenvalue weighted by atomic mass is 9.88. The highest BCUT2D eigenvalue weighted by Crippen LogP contribution is 2.27. The number of rotatable bonds is 4. The van der Waals surface area contributed by atoms with E-state index in [1.807, 2.05) is 0 Å². The van der Waals surface area contributed by atoms with Crippen molar-refractivity contribution in [1.82, 2.24) is 5.32 Å². The average molecular weight is 199 g/mol. The van der Waals surface area contributed by atoms with Gasteiger partial charge in [-0.3, -0.25) is 0 Å². The Morgan fingerprint density at radius 3 is 2.71 bits per heavy atom. The summed E-state index contributed by atoms with van der Waals surface area (Å²) in [5.41, 5.74) is 0.0996. The first-order valence-corrected chi connectivity index (χ1v) is 5.84. The monoisotopic (exact) mass is 199 g/mol. The van der Waals surface area contributed by atoms with Crippen LogP contribution in [-0.4, -0.2) is 25.3 Å². The van der Waals surface area contributed by atoms with Gasteiger partial charge in [-0.25, -0.2) is 0 Å². The molecule has 0 bridgehead atoms. The topological polar surface area (TPSA) is 21.3 Å². The summed E-state index contributed by atoms with van der Waals surface area (Å²) < 4.78 is 5.70. The third-order valence-electron chi connectivity index (χ3n) is 2.78. The predicted molar refractivity (Wildman–Crippen MR) is 60.5 cm³/mol. The number of hydrogen-bond acceptors (Lipinski definition) is 2. The molecule has 1 saturated heterocycles. The van der Waals surface area contributed by atoms with E-state index in [0.717, 1.165) is 31.5 Å². The van der Waals surface area contributed by atoms with Crippen molar-refractivity contribution in [2.75, 3.05) is 19.7 Å². The summed E-state index contributed by atoms with van der Waals surface area (Å²) in [5.74, 6) is 1.56. The molecular weight excluding hydrogens is 174 g/mol. The van der Waals surface area contributed by atoms with Crippen LogP contribution in [0, 0.1) is 11.8 Å². The minimum Gasteiger partial charge on any atom is -0.376 e. The molecule has 0 unspecified atom stereocenters. The van der Waals surface area contributed by atoms with Crippen LogP contribution in [0.2, 0.25) is 0 Å². The lowest BCUT2D eigenvalue weighted by molar-refractivity contribution is -0.0718. The van der Waals surface area contributed by atoms with Gasteiger partial charge in [0.25, 0.3) is 0 Å². The molecule has 2 heteroatoms. The van der Waals surface area contributed by atoms with Gasteiger partial charge in [-0.15, -0.1) is 0 Å². The summed E-state index contributed by atoms with van der Waals surface area (Å²) in [6.45, 7) is 12.1. The zero-order chi connectivity index (χ0) is 10.6. The van der Waals surface area contributed by atoms with E-state index in [0.29, 0.717) is 0 Å². The van der Waals surface area contributed by atoms with Crippen molar-refractivity contribution in [1.29, 1.82) is 0 Å². The Morgan fingerprint density at radius 1 is 1.43 bits per heavy atom. The highest BCUT2D eigenvalue weighted by Gasteiger charge is 2.28. The molecule has 1 aliphatic heterocycles. The molecule has 0 saturated carbocycles. The summed E-state index contributed by atoms with van der Waals surface area (Å²) in [6.07, 6.45) is 2.41. The maximum absolute atomic E-state index is 5.70. The van der Waals surface area contributed by atoms with E-state index in [1.54, 1.807) is 0 Å². The van der Waals surface area contributed by atoms with Crippen LogP contribution in [-0.2, 0) is 4.74 Å². The second kappa shape index (κ2) is 5.13. The minimum absolute atomic E-state index is 0.0996. The lowest BCUT2D eigenvalue weighted by Crippen LogP contribution is -2.38. The van der Waals surface area contributed by atoms with E-state index in [1.165, 1.54) is 12.8 Å². The van der Waals surface area contributed by atoms with Crippen molar-refractivity contribution in [2.45, 2.75) is 46.1 Å². The molecule has 1 atom stereocenters. The Balaban J connectivity index is 2.18. The molecule has 1 N–H and O–H groups in total. The first kappa shape index (κ1) is 12.0. The normalized spacial score (nSPS) is 26.8. The fourth-order valence-electron chi connectivity index (χ4n) is 2.11.